The van der Waals surface area contributed by atoms with E-state index in [0.29, 0.717) is 12.0 Å². The molecule has 2 N–H and O–H groups in total. The van der Waals surface area contributed by atoms with Gasteiger partial charge in [0.1, 0.15) is 0 Å². The molecule has 0 unspecified atom stereocenters. The molecular formula is C13H20N2. The molecule has 2 rings (SSSR count). The largest absolute Gasteiger partial charge is 0.379 e. The minimum Gasteiger partial charge on any atom is -0.379 e. The summed E-state index contributed by atoms with van der Waals surface area (Å²) in [6, 6.07) is 7.17. The Morgan fingerprint density at radius 1 is 1.33 bits per heavy atom. The van der Waals surface area contributed by atoms with Crippen molar-refractivity contribution >= 4 is 5.69 Å². The third-order valence-electron chi connectivity index (χ3n) is 3.06. The maximum absolute atomic E-state index is 3.63. The molecule has 0 spiro atoms. The van der Waals surface area contributed by atoms with Crippen molar-refractivity contribution < 1.29 is 0 Å². The second-order valence-corrected chi connectivity index (χ2v) is 4.69. The van der Waals surface area contributed by atoms with Gasteiger partial charge in [-0.15, -0.1) is 0 Å². The molecule has 0 saturated carbocycles. The van der Waals surface area contributed by atoms with E-state index in [1.165, 1.54) is 16.8 Å². The van der Waals surface area contributed by atoms with Gasteiger partial charge in [-0.25, -0.2) is 0 Å². The van der Waals surface area contributed by atoms with Crippen LogP contribution in [0.1, 0.15) is 30.9 Å². The van der Waals surface area contributed by atoms with E-state index in [-0.39, 0.29) is 0 Å². The Morgan fingerprint density at radius 3 is 2.60 bits per heavy atom. The monoisotopic (exact) mass is 204 g/mol. The van der Waals surface area contributed by atoms with Crippen LogP contribution in [0.15, 0.2) is 18.2 Å². The molecule has 1 heterocycles. The van der Waals surface area contributed by atoms with Gasteiger partial charge in [0, 0.05) is 18.8 Å². The zero-order valence-electron chi connectivity index (χ0n) is 9.80. The second kappa shape index (κ2) is 4.23. The summed E-state index contributed by atoms with van der Waals surface area (Å²) in [6.07, 6.45) is 0. The summed E-state index contributed by atoms with van der Waals surface area (Å²) in [5.74, 6) is 0.584. The van der Waals surface area contributed by atoms with E-state index >= 15 is 0 Å². The van der Waals surface area contributed by atoms with Crippen molar-refractivity contribution in [3.05, 3.63) is 29.3 Å². The van der Waals surface area contributed by atoms with Crippen molar-refractivity contribution in [3.63, 3.8) is 0 Å². The number of hydrogen-bond acceptors (Lipinski definition) is 2. The van der Waals surface area contributed by atoms with Crippen LogP contribution in [0.5, 0.6) is 0 Å². The van der Waals surface area contributed by atoms with Gasteiger partial charge in [0.05, 0.1) is 6.04 Å². The smallest absolute Gasteiger partial charge is 0.0510 e. The fourth-order valence-electron chi connectivity index (χ4n) is 1.96. The molecule has 0 amide bonds. The van der Waals surface area contributed by atoms with Crippen molar-refractivity contribution in [2.24, 2.45) is 0 Å². The number of benzene rings is 1. The van der Waals surface area contributed by atoms with Crippen LogP contribution in [0.25, 0.3) is 0 Å². The van der Waals surface area contributed by atoms with E-state index in [1.807, 2.05) is 0 Å². The predicted octanol–water partition coefficient (Wildman–Crippen LogP) is 2.50. The van der Waals surface area contributed by atoms with Gasteiger partial charge in [0.15, 0.2) is 0 Å². The number of para-hydroxylation sites is 1. The fourth-order valence-corrected chi connectivity index (χ4v) is 1.96. The summed E-state index contributed by atoms with van der Waals surface area (Å²) < 4.78 is 0. The zero-order valence-corrected chi connectivity index (χ0v) is 9.80. The summed E-state index contributed by atoms with van der Waals surface area (Å²) >= 11 is 0. The molecule has 1 aliphatic heterocycles. The molecule has 0 aromatic heterocycles. The number of hydrogen-bond donors (Lipinski definition) is 2. The normalized spacial score (nSPS) is 16.5. The molecule has 1 fully saturated rings. The number of anilines is 1. The van der Waals surface area contributed by atoms with Gasteiger partial charge in [-0.05, 0) is 24.0 Å². The molecule has 1 aliphatic rings. The Hall–Kier alpha value is -1.02. The van der Waals surface area contributed by atoms with E-state index in [4.69, 9.17) is 0 Å². The van der Waals surface area contributed by atoms with Crippen LogP contribution < -0.4 is 10.6 Å². The lowest BCUT2D eigenvalue weighted by Gasteiger charge is -2.31. The molecule has 2 heteroatoms. The van der Waals surface area contributed by atoms with Gasteiger partial charge < -0.3 is 10.6 Å². The Bertz CT molecular complexity index is 340. The highest BCUT2D eigenvalue weighted by Gasteiger charge is 2.18. The van der Waals surface area contributed by atoms with Crippen LogP contribution in [-0.4, -0.2) is 19.1 Å². The highest BCUT2D eigenvalue weighted by molar-refractivity contribution is 5.59. The van der Waals surface area contributed by atoms with E-state index in [2.05, 4.69) is 49.6 Å². The second-order valence-electron chi connectivity index (χ2n) is 4.69. The molecule has 0 aliphatic carbocycles. The Morgan fingerprint density at radius 2 is 2.07 bits per heavy atom. The summed E-state index contributed by atoms with van der Waals surface area (Å²) in [6.45, 7) is 8.86. The summed E-state index contributed by atoms with van der Waals surface area (Å²) in [4.78, 5) is 0. The highest BCUT2D eigenvalue weighted by Crippen LogP contribution is 2.28. The van der Waals surface area contributed by atoms with Crippen LogP contribution in [0.3, 0.4) is 0 Å². The summed E-state index contributed by atoms with van der Waals surface area (Å²) in [5, 5.41) is 6.92. The lowest BCUT2D eigenvalue weighted by atomic mass is 9.97. The van der Waals surface area contributed by atoms with Crippen molar-refractivity contribution in [2.75, 3.05) is 18.4 Å². The van der Waals surface area contributed by atoms with E-state index < -0.39 is 0 Å². The Labute approximate surface area is 92.1 Å². The zero-order chi connectivity index (χ0) is 10.8. The highest BCUT2D eigenvalue weighted by atomic mass is 15.1. The van der Waals surface area contributed by atoms with Crippen molar-refractivity contribution in [2.45, 2.75) is 32.7 Å². The standard InChI is InChI=1S/C13H20N2/c1-9(2)12-6-4-5-10(3)13(12)15-11-7-14-8-11/h4-6,9,11,14-15H,7-8H2,1-3H3. The van der Waals surface area contributed by atoms with Gasteiger partial charge in [0.25, 0.3) is 0 Å². The lowest BCUT2D eigenvalue weighted by Crippen LogP contribution is -2.51. The van der Waals surface area contributed by atoms with Crippen LogP contribution in [0, 0.1) is 6.92 Å². The van der Waals surface area contributed by atoms with Gasteiger partial charge in [-0.3, -0.25) is 0 Å². The summed E-state index contributed by atoms with van der Waals surface area (Å²) in [5.41, 5.74) is 4.13. The van der Waals surface area contributed by atoms with Crippen LogP contribution in [0.2, 0.25) is 0 Å². The van der Waals surface area contributed by atoms with Crippen molar-refractivity contribution in [3.8, 4) is 0 Å². The Balaban J connectivity index is 2.25. The first-order valence-corrected chi connectivity index (χ1v) is 5.75. The molecule has 1 aromatic rings. The molecule has 82 valence electrons. The molecule has 2 nitrogen and oxygen atoms in total. The fraction of sp³-hybridized carbons (Fsp3) is 0.538. The SMILES string of the molecule is Cc1cccc(C(C)C)c1NC1CNC1. The number of rotatable bonds is 3. The molecular weight excluding hydrogens is 184 g/mol. The lowest BCUT2D eigenvalue weighted by molar-refractivity contribution is 0.471. The van der Waals surface area contributed by atoms with Crippen LogP contribution in [-0.2, 0) is 0 Å². The van der Waals surface area contributed by atoms with Gasteiger partial charge in [-0.2, -0.15) is 0 Å². The van der Waals surface area contributed by atoms with Crippen LogP contribution in [0.4, 0.5) is 5.69 Å². The topological polar surface area (TPSA) is 24.1 Å². The molecule has 15 heavy (non-hydrogen) atoms. The first kappa shape index (κ1) is 10.5. The number of aryl methyl sites for hydroxylation is 1. The third kappa shape index (κ3) is 2.15. The molecule has 0 bridgehead atoms. The van der Waals surface area contributed by atoms with Gasteiger partial charge in [0.2, 0.25) is 0 Å². The third-order valence-corrected chi connectivity index (χ3v) is 3.06. The van der Waals surface area contributed by atoms with E-state index in [9.17, 15) is 0 Å². The molecule has 1 saturated heterocycles. The number of nitrogens with one attached hydrogen (secondary N) is 2. The Kier molecular flexibility index (Phi) is 2.96. The minimum absolute atomic E-state index is 0.584. The maximum atomic E-state index is 3.63. The maximum Gasteiger partial charge on any atom is 0.0510 e. The first-order chi connectivity index (χ1) is 7.18. The van der Waals surface area contributed by atoms with E-state index in [0.717, 1.165) is 13.1 Å². The molecule has 0 radical (unpaired) electrons. The average Bonchev–Trinajstić information content (AvgIpc) is 2.12. The van der Waals surface area contributed by atoms with Crippen molar-refractivity contribution in [1.82, 2.24) is 5.32 Å². The van der Waals surface area contributed by atoms with Gasteiger partial charge >= 0.3 is 0 Å². The van der Waals surface area contributed by atoms with Crippen molar-refractivity contribution in [1.29, 1.82) is 0 Å². The summed E-state index contributed by atoms with van der Waals surface area (Å²) in [7, 11) is 0. The quantitative estimate of drug-likeness (QED) is 0.790. The molecule has 0 atom stereocenters. The van der Waals surface area contributed by atoms with E-state index in [1.54, 1.807) is 0 Å². The van der Waals surface area contributed by atoms with Crippen LogP contribution >= 0.6 is 0 Å². The average molecular weight is 204 g/mol. The first-order valence-electron chi connectivity index (χ1n) is 5.75. The van der Waals surface area contributed by atoms with Gasteiger partial charge in [-0.1, -0.05) is 32.0 Å². The molecule has 1 aromatic carbocycles. The predicted molar refractivity (Wildman–Crippen MR) is 65.5 cm³/mol. The minimum atomic E-state index is 0.584.